The van der Waals surface area contributed by atoms with Crippen LogP contribution in [0.1, 0.15) is 5.56 Å². The average Bonchev–Trinajstić information content (AvgIpc) is 2.16. The number of hydrogen-bond donors (Lipinski definition) is 0. The smallest absolute Gasteiger partial charge is 0.131 e. The number of methoxy groups -OCH3 is 2. The lowest BCUT2D eigenvalue weighted by Gasteiger charge is -2.33. The van der Waals surface area contributed by atoms with Crippen molar-refractivity contribution >= 4 is 0 Å². The van der Waals surface area contributed by atoms with E-state index in [2.05, 4.69) is 7.05 Å². The summed E-state index contributed by atoms with van der Waals surface area (Å²) in [6, 6.07) is 5.85. The van der Waals surface area contributed by atoms with E-state index in [9.17, 15) is 0 Å². The predicted octanol–water partition coefficient (Wildman–Crippen LogP) is 2.07. The Hall–Kier alpha value is -1.22. The number of rotatable bonds is 4. The number of ether oxygens (including phenoxy) is 2. The Labute approximate surface area is 91.8 Å². The normalized spacial score (nSPS) is 11.3. The van der Waals surface area contributed by atoms with Gasteiger partial charge >= 0.3 is 0 Å². The van der Waals surface area contributed by atoms with Gasteiger partial charge in [0.1, 0.15) is 11.5 Å². The van der Waals surface area contributed by atoms with Gasteiger partial charge in [-0.1, -0.05) is 0 Å². The molecule has 1 aromatic carbocycles. The minimum absolute atomic E-state index is 0.628. The van der Waals surface area contributed by atoms with Crippen molar-refractivity contribution in [3.8, 4) is 11.5 Å². The highest BCUT2D eigenvalue weighted by Gasteiger charge is 2.10. The SMILES string of the molecule is [CH2-][N+](C)(C)Cc1ccc(OC)cc1OC. The van der Waals surface area contributed by atoms with Gasteiger partial charge in [0.2, 0.25) is 0 Å². The fourth-order valence-electron chi connectivity index (χ4n) is 1.44. The molecular weight excluding hydrogens is 190 g/mol. The van der Waals surface area contributed by atoms with Crippen LogP contribution in [-0.4, -0.2) is 32.8 Å². The van der Waals surface area contributed by atoms with Crippen LogP contribution in [0.4, 0.5) is 0 Å². The Balaban J connectivity index is 2.97. The van der Waals surface area contributed by atoms with E-state index in [1.54, 1.807) is 14.2 Å². The lowest BCUT2D eigenvalue weighted by Crippen LogP contribution is -2.30. The Morgan fingerprint density at radius 2 is 1.87 bits per heavy atom. The third kappa shape index (κ3) is 3.44. The highest BCUT2D eigenvalue weighted by molar-refractivity contribution is 5.40. The van der Waals surface area contributed by atoms with Crippen LogP contribution in [0.3, 0.4) is 0 Å². The molecule has 84 valence electrons. The minimum Gasteiger partial charge on any atom is -0.497 e. The van der Waals surface area contributed by atoms with Gasteiger partial charge in [0.25, 0.3) is 0 Å². The van der Waals surface area contributed by atoms with Crippen molar-refractivity contribution in [3.63, 3.8) is 0 Å². The van der Waals surface area contributed by atoms with Crippen molar-refractivity contribution < 1.29 is 14.0 Å². The largest absolute Gasteiger partial charge is 0.497 e. The van der Waals surface area contributed by atoms with Gasteiger partial charge in [-0.2, -0.15) is 0 Å². The van der Waals surface area contributed by atoms with Crippen LogP contribution in [0.2, 0.25) is 0 Å². The van der Waals surface area contributed by atoms with Crippen molar-refractivity contribution in [2.75, 3.05) is 28.3 Å². The molecular formula is C12H19NO2. The summed E-state index contributed by atoms with van der Waals surface area (Å²) in [4.78, 5) is 0. The van der Waals surface area contributed by atoms with E-state index in [1.807, 2.05) is 32.3 Å². The number of nitrogens with zero attached hydrogens (tertiary/aromatic N) is 1. The second-order valence-electron chi connectivity index (χ2n) is 4.27. The fraction of sp³-hybridized carbons (Fsp3) is 0.417. The van der Waals surface area contributed by atoms with Crippen LogP contribution in [-0.2, 0) is 6.54 Å². The summed E-state index contributed by atoms with van der Waals surface area (Å²) in [6.45, 7) is 0.827. The van der Waals surface area contributed by atoms with Gasteiger partial charge in [-0.15, -0.1) is 7.05 Å². The third-order valence-electron chi connectivity index (χ3n) is 2.09. The molecule has 0 spiro atoms. The maximum Gasteiger partial charge on any atom is 0.131 e. The number of quaternary nitrogens is 1. The summed E-state index contributed by atoms with van der Waals surface area (Å²) in [5.41, 5.74) is 1.14. The first-order valence-corrected chi connectivity index (χ1v) is 4.84. The maximum absolute atomic E-state index is 5.32. The summed E-state index contributed by atoms with van der Waals surface area (Å²) in [7, 11) is 11.4. The molecule has 0 aromatic heterocycles. The lowest BCUT2D eigenvalue weighted by atomic mass is 10.1. The molecule has 3 heteroatoms. The van der Waals surface area contributed by atoms with Crippen LogP contribution in [0.5, 0.6) is 11.5 Å². The first-order chi connectivity index (χ1) is 6.96. The Morgan fingerprint density at radius 1 is 1.20 bits per heavy atom. The molecule has 0 saturated carbocycles. The van der Waals surface area contributed by atoms with Gasteiger partial charge in [-0.3, -0.25) is 0 Å². The lowest BCUT2D eigenvalue weighted by molar-refractivity contribution is -0.859. The highest BCUT2D eigenvalue weighted by atomic mass is 16.5. The topological polar surface area (TPSA) is 18.5 Å². The molecule has 0 atom stereocenters. The predicted molar refractivity (Wildman–Crippen MR) is 60.7 cm³/mol. The van der Waals surface area contributed by atoms with Gasteiger partial charge in [0, 0.05) is 25.7 Å². The van der Waals surface area contributed by atoms with Crippen molar-refractivity contribution in [2.24, 2.45) is 0 Å². The van der Waals surface area contributed by atoms with E-state index in [4.69, 9.17) is 9.47 Å². The van der Waals surface area contributed by atoms with Crippen LogP contribution < -0.4 is 9.47 Å². The summed E-state index contributed by atoms with van der Waals surface area (Å²) >= 11 is 0. The van der Waals surface area contributed by atoms with Crippen LogP contribution in [0, 0.1) is 7.05 Å². The van der Waals surface area contributed by atoms with Gasteiger partial charge in [0.15, 0.2) is 0 Å². The monoisotopic (exact) mass is 209 g/mol. The zero-order valence-electron chi connectivity index (χ0n) is 9.91. The van der Waals surface area contributed by atoms with E-state index < -0.39 is 0 Å². The fourth-order valence-corrected chi connectivity index (χ4v) is 1.44. The molecule has 0 saturated heterocycles. The molecule has 1 rings (SSSR count). The molecule has 0 aliphatic heterocycles. The zero-order valence-corrected chi connectivity index (χ0v) is 9.91. The molecule has 0 bridgehead atoms. The van der Waals surface area contributed by atoms with Crippen molar-refractivity contribution in [2.45, 2.75) is 6.54 Å². The molecule has 1 aromatic rings. The first-order valence-electron chi connectivity index (χ1n) is 4.84. The summed E-state index contributed by atoms with van der Waals surface area (Å²) in [5, 5.41) is 0. The van der Waals surface area contributed by atoms with Gasteiger partial charge < -0.3 is 14.0 Å². The number of hydrogen-bond acceptors (Lipinski definition) is 2. The Morgan fingerprint density at radius 3 is 2.33 bits per heavy atom. The van der Waals surface area contributed by atoms with E-state index in [0.717, 1.165) is 23.6 Å². The number of benzene rings is 1. The highest BCUT2D eigenvalue weighted by Crippen LogP contribution is 2.26. The molecule has 0 N–H and O–H groups in total. The Kier molecular flexibility index (Phi) is 3.58. The zero-order chi connectivity index (χ0) is 11.5. The van der Waals surface area contributed by atoms with E-state index in [0.29, 0.717) is 4.48 Å². The van der Waals surface area contributed by atoms with Gasteiger partial charge in [0.05, 0.1) is 20.8 Å². The molecule has 3 nitrogen and oxygen atoms in total. The summed E-state index contributed by atoms with van der Waals surface area (Å²) < 4.78 is 11.1. The molecule has 0 radical (unpaired) electrons. The van der Waals surface area contributed by atoms with E-state index in [1.165, 1.54) is 0 Å². The molecule has 0 amide bonds. The van der Waals surface area contributed by atoms with E-state index in [-0.39, 0.29) is 0 Å². The minimum atomic E-state index is 0.628. The molecule has 0 heterocycles. The molecule has 0 aliphatic rings. The second-order valence-corrected chi connectivity index (χ2v) is 4.27. The first kappa shape index (κ1) is 11.9. The van der Waals surface area contributed by atoms with Crippen LogP contribution in [0.15, 0.2) is 18.2 Å². The molecule has 0 fully saturated rings. The maximum atomic E-state index is 5.32. The average molecular weight is 209 g/mol. The van der Waals surface area contributed by atoms with Crippen molar-refractivity contribution in [1.29, 1.82) is 0 Å². The summed E-state index contributed by atoms with van der Waals surface area (Å²) in [6.07, 6.45) is 0. The van der Waals surface area contributed by atoms with Gasteiger partial charge in [-0.05, 0) is 12.1 Å². The summed E-state index contributed by atoms with van der Waals surface area (Å²) in [5.74, 6) is 1.66. The molecule has 0 aliphatic carbocycles. The van der Waals surface area contributed by atoms with Crippen molar-refractivity contribution in [3.05, 3.63) is 30.8 Å². The molecule has 15 heavy (non-hydrogen) atoms. The molecule has 0 unspecified atom stereocenters. The van der Waals surface area contributed by atoms with E-state index >= 15 is 0 Å². The van der Waals surface area contributed by atoms with Crippen LogP contribution in [0.25, 0.3) is 0 Å². The quantitative estimate of drug-likeness (QED) is 0.558. The van der Waals surface area contributed by atoms with Crippen molar-refractivity contribution in [1.82, 2.24) is 0 Å². The van der Waals surface area contributed by atoms with Gasteiger partial charge in [-0.25, -0.2) is 0 Å². The Bertz CT molecular complexity index is 329. The second kappa shape index (κ2) is 4.53. The standard InChI is InChI=1S/C12H19NO2/c1-13(2,3)9-10-6-7-11(14-4)8-12(10)15-5/h6-8H,1,9H2,2-5H3. The van der Waals surface area contributed by atoms with Crippen LogP contribution >= 0.6 is 0 Å². The third-order valence-corrected chi connectivity index (χ3v) is 2.09.